The van der Waals surface area contributed by atoms with Crippen LogP contribution < -0.4 is 4.74 Å². The van der Waals surface area contributed by atoms with Crippen LogP contribution in [0.3, 0.4) is 0 Å². The second-order valence-electron chi connectivity index (χ2n) is 5.76. The van der Waals surface area contributed by atoms with Crippen molar-refractivity contribution < 1.29 is 4.74 Å². The first-order chi connectivity index (χ1) is 13.9. The molecule has 0 spiro atoms. The van der Waals surface area contributed by atoms with Gasteiger partial charge in [0.1, 0.15) is 11.6 Å². The molecule has 0 aliphatic heterocycles. The van der Waals surface area contributed by atoms with Crippen molar-refractivity contribution in [3.8, 4) is 17.7 Å². The number of benzene rings is 1. The summed E-state index contributed by atoms with van der Waals surface area (Å²) in [7, 11) is 0. The predicted molar refractivity (Wildman–Crippen MR) is 125 cm³/mol. The van der Waals surface area contributed by atoms with Crippen molar-refractivity contribution in [3.63, 3.8) is 0 Å². The minimum atomic E-state index is 0.608. The molecular weight excluding hydrogens is 378 g/mol. The van der Waals surface area contributed by atoms with Crippen LogP contribution in [-0.4, -0.2) is 15.7 Å². The van der Waals surface area contributed by atoms with Gasteiger partial charge in [-0.1, -0.05) is 53.0 Å². The van der Waals surface area contributed by atoms with Crippen LogP contribution in [0.25, 0.3) is 0 Å². The highest BCUT2D eigenvalue weighted by atomic mass is 32.2. The lowest BCUT2D eigenvalue weighted by Gasteiger charge is -2.16. The van der Waals surface area contributed by atoms with Crippen LogP contribution in [0.4, 0.5) is 0 Å². The molecule has 0 saturated carbocycles. The summed E-state index contributed by atoms with van der Waals surface area (Å²) >= 11 is 1.70. The fourth-order valence-electron chi connectivity index (χ4n) is 2.46. The first-order valence-electron chi connectivity index (χ1n) is 9.84. The van der Waals surface area contributed by atoms with Crippen molar-refractivity contribution in [3.05, 3.63) is 65.7 Å². The van der Waals surface area contributed by atoms with Gasteiger partial charge in [0.2, 0.25) is 5.88 Å². The molecule has 1 aromatic carbocycles. The summed E-state index contributed by atoms with van der Waals surface area (Å²) in [6, 6.07) is 5.85. The summed E-state index contributed by atoms with van der Waals surface area (Å²) in [5.74, 6) is 3.02. The molecule has 1 aromatic heterocycles. The molecule has 0 N–H and O–H groups in total. The highest BCUT2D eigenvalue weighted by molar-refractivity contribution is 7.99. The Morgan fingerprint density at radius 1 is 1.07 bits per heavy atom. The van der Waals surface area contributed by atoms with E-state index >= 15 is 0 Å². The van der Waals surface area contributed by atoms with Crippen LogP contribution in [0.1, 0.15) is 55.9 Å². The summed E-state index contributed by atoms with van der Waals surface area (Å²) in [5, 5.41) is 9.07. The van der Waals surface area contributed by atoms with E-state index < -0.39 is 0 Å². The lowest BCUT2D eigenvalue weighted by Crippen LogP contribution is -2.03. The molecule has 0 aliphatic rings. The Balaban J connectivity index is 0.00000116. The van der Waals surface area contributed by atoms with Gasteiger partial charge in [0.15, 0.2) is 0 Å². The van der Waals surface area contributed by atoms with Gasteiger partial charge in [0.05, 0.1) is 22.2 Å². The molecule has 2 aromatic rings. The Hall–Kier alpha value is -2.58. The molecule has 0 radical (unpaired) electrons. The smallest absolute Gasteiger partial charge is 0.236 e. The third-order valence-corrected chi connectivity index (χ3v) is 4.58. The van der Waals surface area contributed by atoms with E-state index in [0.29, 0.717) is 17.3 Å². The zero-order valence-corrected chi connectivity index (χ0v) is 19.6. The average molecular weight is 412 g/mol. The van der Waals surface area contributed by atoms with Crippen LogP contribution in [0.5, 0.6) is 11.6 Å². The Labute approximate surface area is 180 Å². The molecule has 2 rings (SSSR count). The zero-order valence-electron chi connectivity index (χ0n) is 18.8. The SMILES string of the molecule is C=CC=C.CC.CCSc1c(CC)nc(C)nc1Oc1c(C)cc(C#N)cc1C. The molecule has 0 atom stereocenters. The van der Waals surface area contributed by atoms with Gasteiger partial charge in [0.25, 0.3) is 0 Å². The molecule has 0 unspecified atom stereocenters. The maximum atomic E-state index is 9.07. The number of ether oxygens (including phenoxy) is 1. The van der Waals surface area contributed by atoms with E-state index in [1.807, 2.05) is 46.8 Å². The highest BCUT2D eigenvalue weighted by Gasteiger charge is 2.16. The molecule has 29 heavy (non-hydrogen) atoms. The minimum absolute atomic E-state index is 0.608. The highest BCUT2D eigenvalue weighted by Crippen LogP contribution is 2.36. The standard InChI is InChI=1S/C18H21N3OS.C4H6.C2H6/c1-6-15-17(23-7-2)18(21-13(5)20-15)22-16-11(3)8-14(10-19)9-12(16)4;1-3-4-2;1-2/h8-9H,6-7H2,1-5H3;3-4H,1-2H2;1-2H3. The maximum Gasteiger partial charge on any atom is 0.236 e. The maximum absolute atomic E-state index is 9.07. The molecule has 0 saturated heterocycles. The van der Waals surface area contributed by atoms with Gasteiger partial charge in [0, 0.05) is 0 Å². The molecule has 0 amide bonds. The number of allylic oxidation sites excluding steroid dienone is 2. The van der Waals surface area contributed by atoms with Crippen molar-refractivity contribution in [1.82, 2.24) is 9.97 Å². The number of aryl methyl sites for hydroxylation is 4. The molecule has 1 heterocycles. The van der Waals surface area contributed by atoms with E-state index in [-0.39, 0.29) is 0 Å². The topological polar surface area (TPSA) is 58.8 Å². The first kappa shape index (κ1) is 26.4. The van der Waals surface area contributed by atoms with Gasteiger partial charge in [-0.3, -0.25) is 0 Å². The van der Waals surface area contributed by atoms with E-state index in [4.69, 9.17) is 10.00 Å². The van der Waals surface area contributed by atoms with Crippen molar-refractivity contribution in [2.24, 2.45) is 0 Å². The largest absolute Gasteiger partial charge is 0.437 e. The van der Waals surface area contributed by atoms with E-state index in [0.717, 1.165) is 39.6 Å². The number of hydrogen-bond acceptors (Lipinski definition) is 5. The van der Waals surface area contributed by atoms with Crippen molar-refractivity contribution in [1.29, 1.82) is 5.26 Å². The monoisotopic (exact) mass is 411 g/mol. The molecular formula is C24H33N3OS. The fourth-order valence-corrected chi connectivity index (χ4v) is 3.32. The van der Waals surface area contributed by atoms with Crippen LogP contribution in [0.15, 0.2) is 42.3 Å². The van der Waals surface area contributed by atoms with Gasteiger partial charge in [-0.15, -0.1) is 11.8 Å². The zero-order chi connectivity index (χ0) is 22.4. The summed E-state index contributed by atoms with van der Waals surface area (Å²) in [4.78, 5) is 10.0. The van der Waals surface area contributed by atoms with Gasteiger partial charge in [-0.25, -0.2) is 4.98 Å². The molecule has 0 bridgehead atoms. The van der Waals surface area contributed by atoms with Crippen molar-refractivity contribution in [2.45, 2.75) is 59.8 Å². The second-order valence-corrected chi connectivity index (χ2v) is 7.04. The number of hydrogen-bond donors (Lipinski definition) is 0. The Kier molecular flexibility index (Phi) is 13.1. The van der Waals surface area contributed by atoms with Crippen molar-refractivity contribution >= 4 is 11.8 Å². The predicted octanol–water partition coefficient (Wildman–Crippen LogP) is 7.12. The lowest BCUT2D eigenvalue weighted by molar-refractivity contribution is 0.438. The van der Waals surface area contributed by atoms with Crippen LogP contribution in [0.2, 0.25) is 0 Å². The van der Waals surface area contributed by atoms with Crippen LogP contribution in [0, 0.1) is 32.1 Å². The number of aromatic nitrogens is 2. The Bertz CT molecular complexity index is 825. The van der Waals surface area contributed by atoms with Gasteiger partial charge < -0.3 is 4.74 Å². The number of nitrogens with zero attached hydrogens (tertiary/aromatic N) is 3. The van der Waals surface area contributed by atoms with E-state index in [1.165, 1.54) is 0 Å². The Morgan fingerprint density at radius 3 is 2.03 bits per heavy atom. The number of thioether (sulfide) groups is 1. The normalized spacial score (nSPS) is 9.17. The number of nitriles is 1. The van der Waals surface area contributed by atoms with Crippen molar-refractivity contribution in [2.75, 3.05) is 5.75 Å². The fraction of sp³-hybridized carbons (Fsp3) is 0.375. The van der Waals surface area contributed by atoms with Gasteiger partial charge >= 0.3 is 0 Å². The third-order valence-electron chi connectivity index (χ3n) is 3.59. The third kappa shape index (κ3) is 8.13. The number of rotatable bonds is 6. The summed E-state index contributed by atoms with van der Waals surface area (Å²) in [6.07, 6.45) is 4.12. The average Bonchev–Trinajstić information content (AvgIpc) is 2.73. The summed E-state index contributed by atoms with van der Waals surface area (Å²) < 4.78 is 6.17. The summed E-state index contributed by atoms with van der Waals surface area (Å²) in [5.41, 5.74) is 3.53. The quantitative estimate of drug-likeness (QED) is 0.374. The van der Waals surface area contributed by atoms with E-state index in [9.17, 15) is 0 Å². The lowest BCUT2D eigenvalue weighted by atomic mass is 10.1. The first-order valence-corrected chi connectivity index (χ1v) is 10.8. The molecule has 0 fully saturated rings. The minimum Gasteiger partial charge on any atom is -0.437 e. The van der Waals surface area contributed by atoms with Crippen LogP contribution in [-0.2, 0) is 6.42 Å². The van der Waals surface area contributed by atoms with Gasteiger partial charge in [-0.2, -0.15) is 10.2 Å². The second kappa shape index (κ2) is 14.4. The molecule has 0 aliphatic carbocycles. The van der Waals surface area contributed by atoms with E-state index in [1.54, 1.807) is 23.9 Å². The molecule has 5 heteroatoms. The summed E-state index contributed by atoms with van der Waals surface area (Å²) in [6.45, 7) is 20.7. The van der Waals surface area contributed by atoms with Crippen LogP contribution >= 0.6 is 11.8 Å². The Morgan fingerprint density at radius 2 is 1.62 bits per heavy atom. The van der Waals surface area contributed by atoms with E-state index in [2.05, 4.69) is 43.0 Å². The molecule has 4 nitrogen and oxygen atoms in total. The molecule has 156 valence electrons. The van der Waals surface area contributed by atoms with Gasteiger partial charge in [-0.05, 0) is 56.2 Å².